The Kier molecular flexibility index (Phi) is 4.25. The number of imidazole rings is 1. The molecule has 0 saturated carbocycles. The predicted molar refractivity (Wildman–Crippen MR) is 86.1 cm³/mol. The Morgan fingerprint density at radius 3 is 2.52 bits per heavy atom. The highest BCUT2D eigenvalue weighted by molar-refractivity contribution is 5.69. The molecular formula is C15H16F3N5O4. The number of hydrogen-bond acceptors (Lipinski definition) is 6. The zero-order valence-electron chi connectivity index (χ0n) is 14.6. The standard InChI is InChI=1S/C15H16F3N5O4/c1-4-22-11-10(21(3)7-19-11)12(24)23(13(22)25)6-8-5-9(20-27-8)14(2,26)15(16,17)18/h5,7,26H,4,6H2,1-3H3. The monoisotopic (exact) mass is 387 g/mol. The highest BCUT2D eigenvalue weighted by Gasteiger charge is 2.53. The minimum Gasteiger partial charge on any atom is -0.375 e. The Hall–Kier alpha value is -2.89. The maximum absolute atomic E-state index is 12.9. The fourth-order valence-electron chi connectivity index (χ4n) is 2.66. The first-order valence-corrected chi connectivity index (χ1v) is 7.88. The van der Waals surface area contributed by atoms with Crippen LogP contribution >= 0.6 is 0 Å². The lowest BCUT2D eigenvalue weighted by Gasteiger charge is -2.23. The van der Waals surface area contributed by atoms with Crippen LogP contribution in [0.5, 0.6) is 0 Å². The van der Waals surface area contributed by atoms with Crippen molar-refractivity contribution in [2.45, 2.75) is 38.7 Å². The fourth-order valence-corrected chi connectivity index (χ4v) is 2.66. The first-order valence-electron chi connectivity index (χ1n) is 7.88. The minimum atomic E-state index is -4.97. The van der Waals surface area contributed by atoms with Gasteiger partial charge in [0.05, 0.1) is 12.9 Å². The number of halogens is 3. The predicted octanol–water partition coefficient (Wildman–Crippen LogP) is 0.723. The Labute approximate surface area is 149 Å². The van der Waals surface area contributed by atoms with E-state index in [1.165, 1.54) is 15.5 Å². The van der Waals surface area contributed by atoms with Crippen molar-refractivity contribution in [2.75, 3.05) is 0 Å². The van der Waals surface area contributed by atoms with Gasteiger partial charge < -0.3 is 14.2 Å². The van der Waals surface area contributed by atoms with E-state index in [0.717, 1.165) is 10.6 Å². The average molecular weight is 387 g/mol. The van der Waals surface area contributed by atoms with Crippen molar-refractivity contribution < 1.29 is 22.8 Å². The molecule has 0 aliphatic carbocycles. The van der Waals surface area contributed by atoms with E-state index in [1.807, 2.05) is 0 Å². The molecule has 0 aromatic carbocycles. The molecule has 1 unspecified atom stereocenters. The van der Waals surface area contributed by atoms with E-state index in [1.54, 1.807) is 14.0 Å². The highest BCUT2D eigenvalue weighted by Crippen LogP contribution is 2.37. The van der Waals surface area contributed by atoms with E-state index in [2.05, 4.69) is 10.1 Å². The number of fused-ring (bicyclic) bond motifs is 1. The van der Waals surface area contributed by atoms with Gasteiger partial charge in [-0.05, 0) is 13.8 Å². The second-order valence-electron chi connectivity index (χ2n) is 6.19. The van der Waals surface area contributed by atoms with Crippen LogP contribution in [-0.2, 0) is 25.7 Å². The van der Waals surface area contributed by atoms with Crippen LogP contribution in [0, 0.1) is 0 Å². The fraction of sp³-hybridized carbons (Fsp3) is 0.467. The summed E-state index contributed by atoms with van der Waals surface area (Å²) in [6.45, 7) is 2.01. The first kappa shape index (κ1) is 18.9. The highest BCUT2D eigenvalue weighted by atomic mass is 19.4. The third-order valence-electron chi connectivity index (χ3n) is 4.32. The molecule has 0 spiro atoms. The number of aryl methyl sites for hydroxylation is 2. The molecule has 0 saturated heterocycles. The summed E-state index contributed by atoms with van der Waals surface area (Å²) in [4.78, 5) is 29.3. The number of nitrogens with zero attached hydrogens (tertiary/aromatic N) is 5. The Balaban J connectivity index is 2.10. The van der Waals surface area contributed by atoms with Crippen LogP contribution in [0.3, 0.4) is 0 Å². The molecule has 0 fully saturated rings. The second-order valence-corrected chi connectivity index (χ2v) is 6.19. The molecule has 0 amide bonds. The summed E-state index contributed by atoms with van der Waals surface area (Å²) in [5.41, 5.74) is -4.97. The zero-order chi connectivity index (χ0) is 20.1. The second kappa shape index (κ2) is 6.08. The Bertz CT molecular complexity index is 1120. The van der Waals surface area contributed by atoms with Crippen LogP contribution in [-0.4, -0.2) is 35.1 Å². The summed E-state index contributed by atoms with van der Waals surface area (Å²) in [5.74, 6) is -0.183. The number of alkyl halides is 3. The van der Waals surface area contributed by atoms with E-state index in [4.69, 9.17) is 4.52 Å². The molecule has 0 radical (unpaired) electrons. The molecule has 0 aliphatic heterocycles. The molecule has 3 aromatic rings. The van der Waals surface area contributed by atoms with Gasteiger partial charge in [-0.15, -0.1) is 0 Å². The van der Waals surface area contributed by atoms with Crippen molar-refractivity contribution in [2.24, 2.45) is 7.05 Å². The van der Waals surface area contributed by atoms with E-state index >= 15 is 0 Å². The zero-order valence-corrected chi connectivity index (χ0v) is 14.6. The van der Waals surface area contributed by atoms with Gasteiger partial charge in [-0.1, -0.05) is 5.16 Å². The molecule has 1 atom stereocenters. The van der Waals surface area contributed by atoms with Crippen LogP contribution in [0.4, 0.5) is 13.2 Å². The SMILES string of the molecule is CCn1c(=O)n(Cc2cc(C(C)(O)C(F)(F)F)no2)c(=O)c2c1ncn2C. The van der Waals surface area contributed by atoms with Crippen molar-refractivity contribution in [3.8, 4) is 0 Å². The molecule has 9 nitrogen and oxygen atoms in total. The third-order valence-corrected chi connectivity index (χ3v) is 4.32. The molecule has 0 bridgehead atoms. The van der Waals surface area contributed by atoms with Gasteiger partial charge in [0.2, 0.25) is 5.60 Å². The number of aliphatic hydroxyl groups is 1. The number of rotatable bonds is 4. The number of aromatic nitrogens is 5. The molecule has 1 N–H and O–H groups in total. The summed E-state index contributed by atoms with van der Waals surface area (Å²) in [6, 6.07) is 0.864. The summed E-state index contributed by atoms with van der Waals surface area (Å²) < 4.78 is 47.1. The van der Waals surface area contributed by atoms with Crippen LogP contribution in [0.1, 0.15) is 25.3 Å². The van der Waals surface area contributed by atoms with E-state index in [9.17, 15) is 27.9 Å². The maximum Gasteiger partial charge on any atom is 0.422 e. The van der Waals surface area contributed by atoms with Crippen molar-refractivity contribution in [1.29, 1.82) is 0 Å². The van der Waals surface area contributed by atoms with Crippen LogP contribution in [0.25, 0.3) is 11.2 Å². The van der Waals surface area contributed by atoms with Crippen molar-refractivity contribution in [3.63, 3.8) is 0 Å². The van der Waals surface area contributed by atoms with Gasteiger partial charge in [-0.25, -0.2) is 9.78 Å². The van der Waals surface area contributed by atoms with Crippen LogP contribution in [0.15, 0.2) is 26.5 Å². The van der Waals surface area contributed by atoms with Crippen LogP contribution in [0.2, 0.25) is 0 Å². The van der Waals surface area contributed by atoms with Gasteiger partial charge in [-0.3, -0.25) is 13.9 Å². The largest absolute Gasteiger partial charge is 0.422 e. The van der Waals surface area contributed by atoms with Crippen molar-refractivity contribution in [3.05, 3.63) is 44.7 Å². The summed E-state index contributed by atoms with van der Waals surface area (Å²) in [7, 11) is 1.58. The molecule has 3 aromatic heterocycles. The number of hydrogen-bond donors (Lipinski definition) is 1. The Morgan fingerprint density at radius 1 is 1.26 bits per heavy atom. The normalized spacial score (nSPS) is 14.6. The van der Waals surface area contributed by atoms with Gasteiger partial charge in [0.25, 0.3) is 5.56 Å². The Morgan fingerprint density at radius 2 is 1.93 bits per heavy atom. The molecular weight excluding hydrogens is 371 g/mol. The topological polar surface area (TPSA) is 108 Å². The van der Waals surface area contributed by atoms with Crippen molar-refractivity contribution in [1.82, 2.24) is 23.8 Å². The molecule has 0 aliphatic rings. The summed E-state index contributed by atoms with van der Waals surface area (Å²) in [5, 5.41) is 12.9. The van der Waals surface area contributed by atoms with E-state index in [-0.39, 0.29) is 23.5 Å². The third kappa shape index (κ3) is 2.85. The molecule has 27 heavy (non-hydrogen) atoms. The van der Waals surface area contributed by atoms with Gasteiger partial charge >= 0.3 is 11.9 Å². The van der Waals surface area contributed by atoms with Gasteiger partial charge in [0, 0.05) is 19.7 Å². The van der Waals surface area contributed by atoms with Gasteiger partial charge in [-0.2, -0.15) is 13.2 Å². The lowest BCUT2D eigenvalue weighted by molar-refractivity contribution is -0.260. The molecule has 3 heterocycles. The average Bonchev–Trinajstić information content (AvgIpc) is 3.18. The lowest BCUT2D eigenvalue weighted by Crippen LogP contribution is -2.40. The quantitative estimate of drug-likeness (QED) is 0.707. The molecule has 3 rings (SSSR count). The van der Waals surface area contributed by atoms with E-state index < -0.39 is 35.3 Å². The smallest absolute Gasteiger partial charge is 0.375 e. The van der Waals surface area contributed by atoms with E-state index in [0.29, 0.717) is 6.92 Å². The van der Waals surface area contributed by atoms with Gasteiger partial charge in [0.1, 0.15) is 5.69 Å². The first-order chi connectivity index (χ1) is 12.5. The van der Waals surface area contributed by atoms with Crippen molar-refractivity contribution >= 4 is 11.2 Å². The molecule has 146 valence electrons. The summed E-state index contributed by atoms with van der Waals surface area (Å²) >= 11 is 0. The molecule has 12 heteroatoms. The minimum absolute atomic E-state index is 0.165. The summed E-state index contributed by atoms with van der Waals surface area (Å²) in [6.07, 6.45) is -3.59. The van der Waals surface area contributed by atoms with Gasteiger partial charge in [0.15, 0.2) is 16.9 Å². The lowest BCUT2D eigenvalue weighted by atomic mass is 10.0. The maximum atomic E-state index is 12.9. The van der Waals surface area contributed by atoms with Crippen LogP contribution < -0.4 is 11.2 Å².